The molecule has 5 nitrogen and oxygen atoms in total. The van der Waals surface area contributed by atoms with Gasteiger partial charge in [-0.1, -0.05) is 30.3 Å². The van der Waals surface area contributed by atoms with Crippen molar-refractivity contribution in [3.63, 3.8) is 0 Å². The summed E-state index contributed by atoms with van der Waals surface area (Å²) in [7, 11) is 2.10. The normalized spacial score (nSPS) is 22.8. The Kier molecular flexibility index (Phi) is 5.38. The summed E-state index contributed by atoms with van der Waals surface area (Å²) >= 11 is 0. The molecule has 0 aromatic heterocycles. The van der Waals surface area contributed by atoms with Gasteiger partial charge in [-0.3, -0.25) is 9.69 Å². The highest BCUT2D eigenvalue weighted by Gasteiger charge is 2.33. The molecule has 0 N–H and O–H groups in total. The Hall–Kier alpha value is -2.53. The number of carbonyl (C=O) groups is 1. The molecule has 0 saturated carbocycles. The first kappa shape index (κ1) is 19.4. The maximum atomic E-state index is 13.3. The van der Waals surface area contributed by atoms with Gasteiger partial charge in [-0.05, 0) is 68.0 Å². The van der Waals surface area contributed by atoms with Gasteiger partial charge < -0.3 is 14.4 Å². The lowest BCUT2D eigenvalue weighted by molar-refractivity contribution is -0.133. The highest BCUT2D eigenvalue weighted by atomic mass is 16.6. The Bertz CT molecular complexity index is 928. The number of fused-ring (bicyclic) bond motifs is 2. The first-order valence-corrected chi connectivity index (χ1v) is 11.2. The quantitative estimate of drug-likeness (QED) is 0.766. The summed E-state index contributed by atoms with van der Waals surface area (Å²) in [6.45, 7) is 2.46. The number of carbonyl (C=O) groups excluding carboxylic acids is 1. The van der Waals surface area contributed by atoms with Crippen LogP contribution < -0.4 is 9.47 Å². The molecule has 158 valence electrons. The largest absolute Gasteiger partial charge is 0.486 e. The predicted molar refractivity (Wildman–Crippen MR) is 116 cm³/mol. The Labute approximate surface area is 178 Å². The molecule has 0 bridgehead atoms. The number of rotatable bonds is 4. The third kappa shape index (κ3) is 3.67. The van der Waals surface area contributed by atoms with Crippen molar-refractivity contribution in [1.29, 1.82) is 0 Å². The van der Waals surface area contributed by atoms with E-state index in [-0.39, 0.29) is 11.9 Å². The molecule has 1 amide bonds. The molecule has 0 radical (unpaired) electrons. The Morgan fingerprint density at radius 3 is 2.80 bits per heavy atom. The van der Waals surface area contributed by atoms with Crippen LogP contribution in [0.3, 0.4) is 0 Å². The highest BCUT2D eigenvalue weighted by molar-refractivity contribution is 5.79. The van der Waals surface area contributed by atoms with E-state index in [2.05, 4.69) is 53.2 Å². The van der Waals surface area contributed by atoms with Crippen LogP contribution in [0.2, 0.25) is 0 Å². The second kappa shape index (κ2) is 8.31. The molecule has 2 aliphatic heterocycles. The van der Waals surface area contributed by atoms with Crippen molar-refractivity contribution in [3.8, 4) is 11.5 Å². The molecule has 2 unspecified atom stereocenters. The monoisotopic (exact) mass is 406 g/mol. The molecule has 1 saturated heterocycles. The molecule has 0 spiro atoms. The summed E-state index contributed by atoms with van der Waals surface area (Å²) < 4.78 is 11.4. The van der Waals surface area contributed by atoms with Crippen LogP contribution >= 0.6 is 0 Å². The maximum absolute atomic E-state index is 13.3. The minimum absolute atomic E-state index is 0.125. The molecular formula is C25H30N2O3. The summed E-state index contributed by atoms with van der Waals surface area (Å²) in [5.74, 6) is 1.82. The Balaban J connectivity index is 1.30. The summed E-state index contributed by atoms with van der Waals surface area (Å²) in [6, 6.07) is 15.3. The maximum Gasteiger partial charge on any atom is 0.237 e. The van der Waals surface area contributed by atoms with Crippen LogP contribution in [0.25, 0.3) is 0 Å². The van der Waals surface area contributed by atoms with Gasteiger partial charge >= 0.3 is 0 Å². The molecule has 2 atom stereocenters. The number of hydrogen-bond acceptors (Lipinski definition) is 4. The lowest BCUT2D eigenvalue weighted by Crippen LogP contribution is -2.40. The first-order valence-electron chi connectivity index (χ1n) is 11.2. The lowest BCUT2D eigenvalue weighted by atomic mass is 9.87. The minimum atomic E-state index is 0.125. The van der Waals surface area contributed by atoms with Gasteiger partial charge in [0.15, 0.2) is 11.5 Å². The average Bonchev–Trinajstić information content (AvgIpc) is 3.28. The van der Waals surface area contributed by atoms with Crippen molar-refractivity contribution >= 4 is 5.91 Å². The fourth-order valence-electron chi connectivity index (χ4n) is 5.28. The molecule has 5 rings (SSSR count). The second-order valence-corrected chi connectivity index (χ2v) is 8.67. The van der Waals surface area contributed by atoms with Crippen LogP contribution in [0.15, 0.2) is 42.5 Å². The SMILES string of the molecule is CN(CC(=O)N1CCCC1c1ccc2c(c1)OCCO2)C1CCCc2ccccc21. The molecule has 2 aromatic rings. The number of nitrogens with zero attached hydrogens (tertiary/aromatic N) is 2. The third-order valence-corrected chi connectivity index (χ3v) is 6.78. The average molecular weight is 407 g/mol. The summed E-state index contributed by atoms with van der Waals surface area (Å²) in [5, 5.41) is 0. The van der Waals surface area contributed by atoms with Crippen molar-refractivity contribution in [2.75, 3.05) is 33.4 Å². The zero-order valence-corrected chi connectivity index (χ0v) is 17.7. The van der Waals surface area contributed by atoms with Gasteiger partial charge in [0.05, 0.1) is 12.6 Å². The van der Waals surface area contributed by atoms with Crippen molar-refractivity contribution < 1.29 is 14.3 Å². The van der Waals surface area contributed by atoms with Gasteiger partial charge in [-0.15, -0.1) is 0 Å². The van der Waals surface area contributed by atoms with E-state index in [0.29, 0.717) is 25.8 Å². The molecule has 5 heteroatoms. The van der Waals surface area contributed by atoms with Crippen molar-refractivity contribution in [2.45, 2.75) is 44.2 Å². The number of likely N-dealkylation sites (tertiary alicyclic amines) is 1. The van der Waals surface area contributed by atoms with E-state index in [1.54, 1.807) is 0 Å². The van der Waals surface area contributed by atoms with E-state index in [1.165, 1.54) is 17.5 Å². The van der Waals surface area contributed by atoms with Crippen molar-refractivity contribution in [1.82, 2.24) is 9.80 Å². The van der Waals surface area contributed by atoms with Crippen molar-refractivity contribution in [2.24, 2.45) is 0 Å². The first-order chi connectivity index (χ1) is 14.7. The Morgan fingerprint density at radius 2 is 1.90 bits per heavy atom. The number of hydrogen-bond donors (Lipinski definition) is 0. The molecule has 1 fully saturated rings. The van der Waals surface area contributed by atoms with Gasteiger partial charge in [0.1, 0.15) is 13.2 Å². The van der Waals surface area contributed by atoms with E-state index in [0.717, 1.165) is 49.3 Å². The van der Waals surface area contributed by atoms with E-state index in [4.69, 9.17) is 9.47 Å². The lowest BCUT2D eigenvalue weighted by Gasteiger charge is -2.35. The van der Waals surface area contributed by atoms with Gasteiger partial charge in [-0.25, -0.2) is 0 Å². The van der Waals surface area contributed by atoms with E-state index >= 15 is 0 Å². The molecular weight excluding hydrogens is 376 g/mol. The number of aryl methyl sites for hydroxylation is 1. The number of amides is 1. The van der Waals surface area contributed by atoms with E-state index in [9.17, 15) is 4.79 Å². The second-order valence-electron chi connectivity index (χ2n) is 8.67. The smallest absolute Gasteiger partial charge is 0.237 e. The molecule has 30 heavy (non-hydrogen) atoms. The van der Waals surface area contributed by atoms with E-state index in [1.807, 2.05) is 6.07 Å². The van der Waals surface area contributed by atoms with Gasteiger partial charge in [0.2, 0.25) is 5.91 Å². The zero-order valence-electron chi connectivity index (χ0n) is 17.7. The predicted octanol–water partition coefficient (Wildman–Crippen LogP) is 4.13. The fraction of sp³-hybridized carbons (Fsp3) is 0.480. The van der Waals surface area contributed by atoms with Crippen LogP contribution in [0.1, 0.15) is 54.5 Å². The van der Waals surface area contributed by atoms with Crippen molar-refractivity contribution in [3.05, 3.63) is 59.2 Å². The topological polar surface area (TPSA) is 42.0 Å². The van der Waals surface area contributed by atoms with Crippen LogP contribution in [0, 0.1) is 0 Å². The molecule has 1 aliphatic carbocycles. The highest BCUT2D eigenvalue weighted by Crippen LogP contribution is 2.39. The minimum Gasteiger partial charge on any atom is -0.486 e. The van der Waals surface area contributed by atoms with Gasteiger partial charge in [0, 0.05) is 12.6 Å². The molecule has 3 aliphatic rings. The summed E-state index contributed by atoms with van der Waals surface area (Å²) in [6.07, 6.45) is 5.49. The summed E-state index contributed by atoms with van der Waals surface area (Å²) in [5.41, 5.74) is 3.97. The van der Waals surface area contributed by atoms with Gasteiger partial charge in [0.25, 0.3) is 0 Å². The number of likely N-dealkylation sites (N-methyl/N-ethyl adjacent to an activating group) is 1. The summed E-state index contributed by atoms with van der Waals surface area (Å²) in [4.78, 5) is 17.6. The molecule has 2 heterocycles. The molecule has 2 aromatic carbocycles. The van der Waals surface area contributed by atoms with E-state index < -0.39 is 0 Å². The number of benzene rings is 2. The Morgan fingerprint density at radius 1 is 1.07 bits per heavy atom. The number of ether oxygens (including phenoxy) is 2. The fourth-order valence-corrected chi connectivity index (χ4v) is 5.28. The van der Waals surface area contributed by atoms with Gasteiger partial charge in [-0.2, -0.15) is 0 Å². The zero-order chi connectivity index (χ0) is 20.5. The standard InChI is InChI=1S/C25H30N2O3/c1-26(22-9-4-7-18-6-2-3-8-20(18)22)17-25(28)27-13-5-10-21(27)19-11-12-23-24(16-19)30-15-14-29-23/h2-3,6,8,11-12,16,21-22H,4-5,7,9-10,13-15,17H2,1H3. The van der Waals surface area contributed by atoms with Crippen LogP contribution in [-0.2, 0) is 11.2 Å². The third-order valence-electron chi connectivity index (χ3n) is 6.78. The van der Waals surface area contributed by atoms with Crippen LogP contribution in [0.4, 0.5) is 0 Å². The van der Waals surface area contributed by atoms with Crippen LogP contribution in [0.5, 0.6) is 11.5 Å². The van der Waals surface area contributed by atoms with Crippen LogP contribution in [-0.4, -0.2) is 49.1 Å².